The molecule has 1 heterocycles. The molecule has 2 aromatic carbocycles. The van der Waals surface area contributed by atoms with Crippen LogP contribution in [0.15, 0.2) is 70.7 Å². The molecule has 1 aliphatic heterocycles. The van der Waals surface area contributed by atoms with Crippen molar-refractivity contribution in [2.45, 2.75) is 20.4 Å². The van der Waals surface area contributed by atoms with Crippen LogP contribution in [0.25, 0.3) is 12.2 Å². The number of rotatable bonds is 6. The lowest BCUT2D eigenvalue weighted by atomic mass is 10.1. The summed E-state index contributed by atoms with van der Waals surface area (Å²) in [6.07, 6.45) is 6.28. The number of carbonyl (C=O) groups is 3. The number of aldehydes is 1. The number of thioether (sulfide) groups is 1. The van der Waals surface area contributed by atoms with Gasteiger partial charge in [-0.25, -0.2) is 0 Å². The van der Waals surface area contributed by atoms with E-state index in [1.807, 2.05) is 49.4 Å². The second-order valence-electron chi connectivity index (χ2n) is 6.92. The molecule has 0 unspecified atom stereocenters. The van der Waals surface area contributed by atoms with E-state index in [0.29, 0.717) is 15.5 Å². The van der Waals surface area contributed by atoms with E-state index in [1.165, 1.54) is 4.90 Å². The van der Waals surface area contributed by atoms with Gasteiger partial charge < -0.3 is 0 Å². The first-order valence-electron chi connectivity index (χ1n) is 9.28. The van der Waals surface area contributed by atoms with Crippen LogP contribution in [0.2, 0.25) is 5.02 Å². The zero-order chi connectivity index (χ0) is 21.7. The molecule has 0 spiro atoms. The molecule has 2 amide bonds. The lowest BCUT2D eigenvalue weighted by Gasteiger charge is -2.13. The van der Waals surface area contributed by atoms with E-state index in [-0.39, 0.29) is 17.7 Å². The highest BCUT2D eigenvalue weighted by Gasteiger charge is 2.35. The van der Waals surface area contributed by atoms with Gasteiger partial charge in [-0.05, 0) is 71.7 Å². The zero-order valence-electron chi connectivity index (χ0n) is 16.6. The standard InChI is InChI=1S/C24H20ClNO3S/c1-16(11-18-7-9-19(10-8-18)12-17(2)15-27)13-22-23(28)26(24(29)30-22)14-20-5-3-4-6-21(20)25/h3-13,15H,14H2,1-2H3/b16-11+,17-12+,22-13-. The molecule has 1 fully saturated rings. The number of halogens is 1. The Morgan fingerprint density at radius 1 is 0.967 bits per heavy atom. The number of hydrogen-bond donors (Lipinski definition) is 0. The van der Waals surface area contributed by atoms with Gasteiger partial charge in [0.15, 0.2) is 0 Å². The van der Waals surface area contributed by atoms with Crippen molar-refractivity contribution in [3.05, 3.63) is 92.4 Å². The molecule has 3 rings (SSSR count). The van der Waals surface area contributed by atoms with Crippen molar-refractivity contribution in [1.82, 2.24) is 4.90 Å². The molecular formula is C24H20ClNO3S. The van der Waals surface area contributed by atoms with Crippen LogP contribution in [0, 0.1) is 0 Å². The monoisotopic (exact) mass is 437 g/mol. The Balaban J connectivity index is 1.74. The average Bonchev–Trinajstić information content (AvgIpc) is 2.98. The molecular weight excluding hydrogens is 418 g/mol. The molecule has 6 heteroatoms. The van der Waals surface area contributed by atoms with Crippen molar-refractivity contribution in [3.8, 4) is 0 Å². The van der Waals surface area contributed by atoms with E-state index >= 15 is 0 Å². The van der Waals surface area contributed by atoms with Crippen LogP contribution in [0.5, 0.6) is 0 Å². The number of nitrogens with zero attached hydrogens (tertiary/aromatic N) is 1. The third-order valence-corrected chi connectivity index (χ3v) is 5.71. The van der Waals surface area contributed by atoms with Gasteiger partial charge in [0.25, 0.3) is 11.1 Å². The zero-order valence-corrected chi connectivity index (χ0v) is 18.2. The predicted molar refractivity (Wildman–Crippen MR) is 123 cm³/mol. The van der Waals surface area contributed by atoms with Crippen molar-refractivity contribution < 1.29 is 14.4 Å². The van der Waals surface area contributed by atoms with Crippen molar-refractivity contribution in [2.75, 3.05) is 0 Å². The first-order chi connectivity index (χ1) is 14.4. The van der Waals surface area contributed by atoms with E-state index in [0.717, 1.165) is 40.3 Å². The Kier molecular flexibility index (Phi) is 7.08. The van der Waals surface area contributed by atoms with Crippen molar-refractivity contribution in [2.24, 2.45) is 0 Å². The summed E-state index contributed by atoms with van der Waals surface area (Å²) in [4.78, 5) is 37.4. The van der Waals surface area contributed by atoms with Crippen LogP contribution in [0.4, 0.5) is 4.79 Å². The van der Waals surface area contributed by atoms with Gasteiger partial charge in [-0.3, -0.25) is 19.3 Å². The molecule has 0 N–H and O–H groups in total. The fourth-order valence-electron chi connectivity index (χ4n) is 2.93. The fraction of sp³-hybridized carbons (Fsp3) is 0.125. The van der Waals surface area contributed by atoms with E-state index in [4.69, 9.17) is 11.6 Å². The summed E-state index contributed by atoms with van der Waals surface area (Å²) in [5, 5.41) is 0.221. The number of imide groups is 1. The highest BCUT2D eigenvalue weighted by Crippen LogP contribution is 2.33. The Morgan fingerprint density at radius 3 is 2.17 bits per heavy atom. The molecule has 30 heavy (non-hydrogen) atoms. The van der Waals surface area contributed by atoms with Gasteiger partial charge in [0.2, 0.25) is 0 Å². The minimum atomic E-state index is -0.317. The van der Waals surface area contributed by atoms with Crippen LogP contribution < -0.4 is 0 Å². The van der Waals surface area contributed by atoms with Gasteiger partial charge in [0.05, 0.1) is 11.4 Å². The van der Waals surface area contributed by atoms with Crippen LogP contribution >= 0.6 is 23.4 Å². The highest BCUT2D eigenvalue weighted by molar-refractivity contribution is 8.18. The van der Waals surface area contributed by atoms with Crippen molar-refractivity contribution >= 4 is 52.9 Å². The number of benzene rings is 2. The molecule has 0 aromatic heterocycles. The lowest BCUT2D eigenvalue weighted by Crippen LogP contribution is -2.27. The molecule has 0 aliphatic carbocycles. The molecule has 4 nitrogen and oxygen atoms in total. The second-order valence-corrected chi connectivity index (χ2v) is 8.32. The first-order valence-corrected chi connectivity index (χ1v) is 10.5. The lowest BCUT2D eigenvalue weighted by molar-refractivity contribution is -0.123. The molecule has 1 saturated heterocycles. The van der Waals surface area contributed by atoms with Crippen LogP contribution in [-0.2, 0) is 16.1 Å². The topological polar surface area (TPSA) is 54.5 Å². The van der Waals surface area contributed by atoms with Gasteiger partial charge in [0.1, 0.15) is 6.29 Å². The minimum Gasteiger partial charge on any atom is -0.298 e. The summed E-state index contributed by atoms with van der Waals surface area (Å²) in [5.41, 5.74) is 4.14. The van der Waals surface area contributed by atoms with E-state index in [1.54, 1.807) is 31.2 Å². The normalized spacial score (nSPS) is 16.5. The molecule has 0 bridgehead atoms. The summed E-state index contributed by atoms with van der Waals surface area (Å²) in [7, 11) is 0. The summed E-state index contributed by atoms with van der Waals surface area (Å²) in [6, 6.07) is 14.9. The molecule has 2 aromatic rings. The van der Waals surface area contributed by atoms with Crippen molar-refractivity contribution in [1.29, 1.82) is 0 Å². The third kappa shape index (κ3) is 5.38. The number of carbonyl (C=O) groups excluding carboxylic acids is 3. The van der Waals surface area contributed by atoms with Crippen LogP contribution in [-0.4, -0.2) is 22.3 Å². The van der Waals surface area contributed by atoms with E-state index < -0.39 is 0 Å². The average molecular weight is 438 g/mol. The fourth-order valence-corrected chi connectivity index (χ4v) is 4.01. The maximum absolute atomic E-state index is 12.7. The van der Waals surface area contributed by atoms with Gasteiger partial charge in [-0.2, -0.15) is 0 Å². The van der Waals surface area contributed by atoms with Crippen LogP contribution in [0.1, 0.15) is 30.5 Å². The van der Waals surface area contributed by atoms with E-state index in [9.17, 15) is 14.4 Å². The number of amides is 2. The molecule has 0 radical (unpaired) electrons. The van der Waals surface area contributed by atoms with Gasteiger partial charge in [-0.15, -0.1) is 0 Å². The maximum Gasteiger partial charge on any atom is 0.293 e. The highest BCUT2D eigenvalue weighted by atomic mass is 35.5. The smallest absolute Gasteiger partial charge is 0.293 e. The first kappa shape index (κ1) is 21.8. The van der Waals surface area contributed by atoms with Gasteiger partial charge in [-0.1, -0.05) is 60.1 Å². The quantitative estimate of drug-likeness (QED) is 0.403. The number of hydrogen-bond acceptors (Lipinski definition) is 4. The summed E-state index contributed by atoms with van der Waals surface area (Å²) < 4.78 is 0. The Hall–Kier alpha value is -2.89. The number of allylic oxidation sites excluding steroid dienone is 3. The van der Waals surface area contributed by atoms with Crippen molar-refractivity contribution in [3.63, 3.8) is 0 Å². The molecule has 0 atom stereocenters. The Bertz CT molecular complexity index is 1080. The SMILES string of the molecule is C/C(C=O)=C\c1ccc(/C=C(C)/C=C2\SC(=O)N(Cc3ccccc3Cl)C2=O)cc1. The molecule has 0 saturated carbocycles. The molecule has 152 valence electrons. The molecule has 1 aliphatic rings. The largest absolute Gasteiger partial charge is 0.298 e. The Labute approximate surface area is 184 Å². The summed E-state index contributed by atoms with van der Waals surface area (Å²) in [5.74, 6) is -0.317. The summed E-state index contributed by atoms with van der Waals surface area (Å²) >= 11 is 7.09. The van der Waals surface area contributed by atoms with Crippen LogP contribution in [0.3, 0.4) is 0 Å². The third-order valence-electron chi connectivity index (χ3n) is 4.43. The summed E-state index contributed by atoms with van der Waals surface area (Å²) in [6.45, 7) is 3.79. The maximum atomic E-state index is 12.7. The van der Waals surface area contributed by atoms with Gasteiger partial charge >= 0.3 is 0 Å². The Morgan fingerprint density at radius 2 is 1.57 bits per heavy atom. The van der Waals surface area contributed by atoms with E-state index in [2.05, 4.69) is 0 Å². The van der Waals surface area contributed by atoms with Gasteiger partial charge in [0, 0.05) is 5.02 Å². The minimum absolute atomic E-state index is 0.152. The second kappa shape index (κ2) is 9.74. The predicted octanol–water partition coefficient (Wildman–Crippen LogP) is 6.13.